The van der Waals surface area contributed by atoms with E-state index >= 15 is 0 Å². The van der Waals surface area contributed by atoms with Crippen LogP contribution in [0.3, 0.4) is 0 Å². The Balaban J connectivity index is 2.22. The summed E-state index contributed by atoms with van der Waals surface area (Å²) in [6.07, 6.45) is -0.336. The zero-order valence-corrected chi connectivity index (χ0v) is 19.6. The summed E-state index contributed by atoms with van der Waals surface area (Å²) in [4.78, 5) is 73.7. The fourth-order valence-electron chi connectivity index (χ4n) is 3.90. The molecule has 1 aliphatic heterocycles. The second-order valence-electron chi connectivity index (χ2n) is 8.55. The minimum atomic E-state index is -1.55. The molecule has 0 aromatic heterocycles. The van der Waals surface area contributed by atoms with Gasteiger partial charge in [0, 0.05) is 19.4 Å². The van der Waals surface area contributed by atoms with E-state index in [0.717, 1.165) is 4.90 Å². The molecule has 4 amide bonds. The second kappa shape index (κ2) is 13.2. The van der Waals surface area contributed by atoms with Gasteiger partial charge in [0.05, 0.1) is 12.5 Å². The van der Waals surface area contributed by atoms with Crippen LogP contribution in [-0.2, 0) is 35.2 Å². The summed E-state index contributed by atoms with van der Waals surface area (Å²) in [6.45, 7) is 0.112. The van der Waals surface area contributed by atoms with Gasteiger partial charge in [0.25, 0.3) is 0 Å². The lowest BCUT2D eigenvalue weighted by Crippen LogP contribution is -2.58. The van der Waals surface area contributed by atoms with Crippen molar-refractivity contribution < 1.29 is 39.0 Å². The number of primary amides is 1. The number of likely N-dealkylation sites (tertiary alicyclic amines) is 1. The lowest BCUT2D eigenvalue weighted by molar-refractivity contribution is -0.150. The van der Waals surface area contributed by atoms with Crippen molar-refractivity contribution in [2.24, 2.45) is 11.5 Å². The number of nitrogens with one attached hydrogen (secondary N) is 2. The van der Waals surface area contributed by atoms with E-state index in [9.17, 15) is 39.0 Å². The third-order valence-electron chi connectivity index (χ3n) is 5.77. The molecule has 0 saturated carbocycles. The fraction of sp³-hybridized carbons (Fsp3) is 0.478. The molecule has 13 nitrogen and oxygen atoms in total. The third-order valence-corrected chi connectivity index (χ3v) is 5.77. The lowest BCUT2D eigenvalue weighted by atomic mass is 10.0. The average molecular weight is 506 g/mol. The molecule has 0 spiro atoms. The summed E-state index contributed by atoms with van der Waals surface area (Å²) >= 11 is 0. The molecule has 1 aliphatic rings. The Bertz CT molecular complexity index is 986. The number of carbonyl (C=O) groups excluding carboxylic acids is 4. The van der Waals surface area contributed by atoms with E-state index in [1.165, 1.54) is 0 Å². The van der Waals surface area contributed by atoms with Crippen LogP contribution in [0.1, 0.15) is 37.7 Å². The molecule has 1 saturated heterocycles. The van der Waals surface area contributed by atoms with Crippen LogP contribution in [0.2, 0.25) is 0 Å². The molecular weight excluding hydrogens is 474 g/mol. The average Bonchev–Trinajstić information content (AvgIpc) is 3.31. The first-order valence-electron chi connectivity index (χ1n) is 11.4. The van der Waals surface area contributed by atoms with Gasteiger partial charge in [-0.05, 0) is 24.8 Å². The van der Waals surface area contributed by atoms with E-state index in [0.29, 0.717) is 12.0 Å². The Labute approximate surface area is 207 Å². The van der Waals surface area contributed by atoms with Crippen molar-refractivity contribution in [1.29, 1.82) is 0 Å². The van der Waals surface area contributed by atoms with Crippen LogP contribution < -0.4 is 22.1 Å². The highest BCUT2D eigenvalue weighted by Crippen LogP contribution is 2.19. The van der Waals surface area contributed by atoms with E-state index in [-0.39, 0.29) is 32.2 Å². The second-order valence-corrected chi connectivity index (χ2v) is 8.55. The Morgan fingerprint density at radius 1 is 1.00 bits per heavy atom. The minimum absolute atomic E-state index is 0.00357. The van der Waals surface area contributed by atoms with Crippen molar-refractivity contribution in [3.05, 3.63) is 35.9 Å². The van der Waals surface area contributed by atoms with Crippen LogP contribution in [0.4, 0.5) is 0 Å². The standard InChI is InChI=1S/C23H31N5O8/c24-14(8-9-18(25)29)20(32)26-15(11-13-5-2-1-3-6-13)21(33)27-16(12-19(30)31)22(34)28-10-4-7-17(28)23(35)36/h1-3,5-6,14-17H,4,7-12,24H2,(H2,25,29)(H,26,32)(H,27,33)(H,30,31)(H,35,36). The van der Waals surface area contributed by atoms with Gasteiger partial charge in [-0.2, -0.15) is 0 Å². The quantitative estimate of drug-likeness (QED) is 0.180. The summed E-state index contributed by atoms with van der Waals surface area (Å²) < 4.78 is 0. The maximum absolute atomic E-state index is 13.2. The topological polar surface area (TPSA) is 222 Å². The molecule has 1 heterocycles. The van der Waals surface area contributed by atoms with E-state index < -0.39 is 66.2 Å². The van der Waals surface area contributed by atoms with Crippen molar-refractivity contribution in [3.63, 3.8) is 0 Å². The molecule has 0 aliphatic carbocycles. The molecule has 13 heteroatoms. The number of carbonyl (C=O) groups is 6. The fourth-order valence-corrected chi connectivity index (χ4v) is 3.90. The Kier molecular flexibility index (Phi) is 10.3. The minimum Gasteiger partial charge on any atom is -0.481 e. The van der Waals surface area contributed by atoms with Gasteiger partial charge in [-0.25, -0.2) is 4.79 Å². The largest absolute Gasteiger partial charge is 0.481 e. The van der Waals surface area contributed by atoms with Gasteiger partial charge in [-0.15, -0.1) is 0 Å². The number of nitrogens with zero attached hydrogens (tertiary/aromatic N) is 1. The van der Waals surface area contributed by atoms with Gasteiger partial charge in [-0.1, -0.05) is 30.3 Å². The van der Waals surface area contributed by atoms with Gasteiger partial charge >= 0.3 is 11.9 Å². The first kappa shape index (κ1) is 28.2. The predicted molar refractivity (Wildman–Crippen MR) is 125 cm³/mol. The van der Waals surface area contributed by atoms with Gasteiger partial charge < -0.3 is 37.2 Å². The number of hydrogen-bond acceptors (Lipinski definition) is 7. The highest BCUT2D eigenvalue weighted by atomic mass is 16.4. The van der Waals surface area contributed by atoms with Crippen molar-refractivity contribution in [1.82, 2.24) is 15.5 Å². The van der Waals surface area contributed by atoms with Crippen molar-refractivity contribution in [2.75, 3.05) is 6.54 Å². The van der Waals surface area contributed by atoms with Crippen LogP contribution in [0, 0.1) is 0 Å². The van der Waals surface area contributed by atoms with Gasteiger partial charge in [0.2, 0.25) is 23.6 Å². The number of nitrogens with two attached hydrogens (primary N) is 2. The molecular formula is C23H31N5O8. The maximum Gasteiger partial charge on any atom is 0.326 e. The van der Waals surface area contributed by atoms with Crippen LogP contribution in [0.25, 0.3) is 0 Å². The number of amides is 4. The molecule has 1 aromatic carbocycles. The van der Waals surface area contributed by atoms with E-state index in [1.807, 2.05) is 0 Å². The summed E-state index contributed by atoms with van der Waals surface area (Å²) in [7, 11) is 0. The van der Waals surface area contributed by atoms with Crippen molar-refractivity contribution >= 4 is 35.6 Å². The van der Waals surface area contributed by atoms with E-state index in [4.69, 9.17) is 11.5 Å². The number of hydrogen-bond donors (Lipinski definition) is 6. The summed E-state index contributed by atoms with van der Waals surface area (Å²) in [5.41, 5.74) is 11.6. The molecule has 1 fully saturated rings. The third kappa shape index (κ3) is 8.34. The van der Waals surface area contributed by atoms with Gasteiger partial charge in [0.1, 0.15) is 18.1 Å². The summed E-state index contributed by atoms with van der Waals surface area (Å²) in [6, 6.07) is 3.58. The van der Waals surface area contributed by atoms with Crippen LogP contribution in [0.5, 0.6) is 0 Å². The zero-order chi connectivity index (χ0) is 26.8. The first-order chi connectivity index (χ1) is 17.0. The zero-order valence-electron chi connectivity index (χ0n) is 19.6. The number of carboxylic acid groups (broad SMARTS) is 2. The molecule has 4 unspecified atom stereocenters. The van der Waals surface area contributed by atoms with Crippen LogP contribution >= 0.6 is 0 Å². The van der Waals surface area contributed by atoms with E-state index in [2.05, 4.69) is 10.6 Å². The molecule has 196 valence electrons. The SMILES string of the molecule is NC(=O)CCC(N)C(=O)NC(Cc1ccccc1)C(=O)NC(CC(=O)O)C(=O)N1CCCC1C(=O)O. The molecule has 0 radical (unpaired) electrons. The number of carboxylic acids is 2. The van der Waals surface area contributed by atoms with Crippen molar-refractivity contribution in [2.45, 2.75) is 62.7 Å². The van der Waals surface area contributed by atoms with Crippen molar-refractivity contribution in [3.8, 4) is 0 Å². The Morgan fingerprint density at radius 3 is 2.22 bits per heavy atom. The number of benzene rings is 1. The molecule has 8 N–H and O–H groups in total. The highest BCUT2D eigenvalue weighted by Gasteiger charge is 2.39. The highest BCUT2D eigenvalue weighted by molar-refractivity contribution is 5.96. The predicted octanol–water partition coefficient (Wildman–Crippen LogP) is -1.66. The van der Waals surface area contributed by atoms with Crippen LogP contribution in [0.15, 0.2) is 30.3 Å². The van der Waals surface area contributed by atoms with E-state index in [1.54, 1.807) is 30.3 Å². The molecule has 1 aromatic rings. The first-order valence-corrected chi connectivity index (χ1v) is 11.4. The number of rotatable bonds is 13. The van der Waals surface area contributed by atoms with Gasteiger partial charge in [-0.3, -0.25) is 24.0 Å². The van der Waals surface area contributed by atoms with Gasteiger partial charge in [0.15, 0.2) is 0 Å². The Hall–Kier alpha value is -4.00. The lowest BCUT2D eigenvalue weighted by Gasteiger charge is -2.28. The molecule has 2 rings (SSSR count). The monoisotopic (exact) mass is 505 g/mol. The number of aliphatic carboxylic acids is 2. The Morgan fingerprint density at radius 2 is 1.64 bits per heavy atom. The molecule has 36 heavy (non-hydrogen) atoms. The molecule has 4 atom stereocenters. The summed E-state index contributed by atoms with van der Waals surface area (Å²) in [5.74, 6) is -5.66. The normalized spacial score (nSPS) is 17.5. The molecule has 0 bridgehead atoms. The van der Waals surface area contributed by atoms with Crippen LogP contribution in [-0.4, -0.2) is 81.4 Å². The maximum atomic E-state index is 13.2. The smallest absolute Gasteiger partial charge is 0.326 e. The summed E-state index contributed by atoms with van der Waals surface area (Å²) in [5, 5.41) is 23.5.